The van der Waals surface area contributed by atoms with E-state index < -0.39 is 11.9 Å². The van der Waals surface area contributed by atoms with Crippen LogP contribution in [0.25, 0.3) is 0 Å². The number of nitrogens with one attached hydrogen (secondary N) is 1. The van der Waals surface area contributed by atoms with Crippen molar-refractivity contribution in [3.05, 3.63) is 28.7 Å². The predicted molar refractivity (Wildman–Crippen MR) is 64.2 cm³/mol. The first-order valence-electron chi connectivity index (χ1n) is 4.77. The molecule has 2 N–H and O–H groups in total. The van der Waals surface area contributed by atoms with E-state index in [2.05, 4.69) is 21.2 Å². The third-order valence-corrected chi connectivity index (χ3v) is 2.51. The van der Waals surface area contributed by atoms with Gasteiger partial charge in [-0.15, -0.1) is 0 Å². The number of carbonyl (C=O) groups is 2. The molecule has 0 heterocycles. The maximum absolute atomic E-state index is 11.6. The number of benzene rings is 1. The number of halogens is 1. The number of carbonyl (C=O) groups excluding carboxylic acids is 1. The fraction of sp³-hybridized carbons (Fsp3) is 0.273. The molecule has 1 unspecified atom stereocenters. The summed E-state index contributed by atoms with van der Waals surface area (Å²) in [7, 11) is 0. The van der Waals surface area contributed by atoms with Crippen LogP contribution in [0.4, 0.5) is 5.69 Å². The highest BCUT2D eigenvalue weighted by Gasteiger charge is 2.16. The smallest absolute Gasteiger partial charge is 0.304 e. The maximum atomic E-state index is 11.6. The van der Waals surface area contributed by atoms with Crippen LogP contribution in [0.15, 0.2) is 28.7 Å². The van der Waals surface area contributed by atoms with E-state index in [9.17, 15) is 9.59 Å². The molecule has 0 spiro atoms. The highest BCUT2D eigenvalue weighted by atomic mass is 79.9. The van der Waals surface area contributed by atoms with E-state index >= 15 is 0 Å². The number of rotatable bonds is 4. The molecule has 0 fully saturated rings. The van der Waals surface area contributed by atoms with Crippen LogP contribution in [-0.2, 0) is 9.59 Å². The second-order valence-corrected chi connectivity index (χ2v) is 4.41. The second-order valence-electron chi connectivity index (χ2n) is 3.50. The van der Waals surface area contributed by atoms with Gasteiger partial charge in [-0.05, 0) is 18.2 Å². The summed E-state index contributed by atoms with van der Waals surface area (Å²) in [5.74, 6) is -1.81. The van der Waals surface area contributed by atoms with E-state index in [1.165, 1.54) is 0 Å². The minimum atomic E-state index is -0.975. The van der Waals surface area contributed by atoms with Gasteiger partial charge in [0.1, 0.15) is 0 Å². The minimum absolute atomic E-state index is 0.167. The second kappa shape index (κ2) is 5.65. The van der Waals surface area contributed by atoms with Gasteiger partial charge in [0.2, 0.25) is 5.91 Å². The summed E-state index contributed by atoms with van der Waals surface area (Å²) in [5.41, 5.74) is 0.650. The predicted octanol–water partition coefficient (Wildman–Crippen LogP) is 2.50. The molecule has 1 aromatic carbocycles. The van der Waals surface area contributed by atoms with Gasteiger partial charge < -0.3 is 10.4 Å². The zero-order chi connectivity index (χ0) is 12.1. The number of aliphatic carboxylic acids is 1. The maximum Gasteiger partial charge on any atom is 0.304 e. The lowest BCUT2D eigenvalue weighted by Gasteiger charge is -2.10. The Morgan fingerprint density at radius 3 is 2.75 bits per heavy atom. The fourth-order valence-electron chi connectivity index (χ4n) is 1.19. The normalized spacial score (nSPS) is 11.9. The molecule has 0 aliphatic carbocycles. The van der Waals surface area contributed by atoms with Gasteiger partial charge in [0, 0.05) is 16.1 Å². The molecule has 1 rings (SSSR count). The van der Waals surface area contributed by atoms with Crippen molar-refractivity contribution in [3.8, 4) is 0 Å². The largest absolute Gasteiger partial charge is 0.481 e. The first kappa shape index (κ1) is 12.7. The fourth-order valence-corrected chi connectivity index (χ4v) is 1.59. The van der Waals surface area contributed by atoms with Gasteiger partial charge in [-0.1, -0.05) is 28.9 Å². The van der Waals surface area contributed by atoms with Crippen molar-refractivity contribution in [2.45, 2.75) is 13.3 Å². The van der Waals surface area contributed by atoms with E-state index in [0.717, 1.165) is 4.47 Å². The number of hydrogen-bond acceptors (Lipinski definition) is 2. The standard InChI is InChI=1S/C11H12BrNO3/c1-7(5-10(14)15)11(16)13-9-4-2-3-8(12)6-9/h2-4,6-7H,5H2,1H3,(H,13,16)(H,14,15). The summed E-state index contributed by atoms with van der Waals surface area (Å²) in [4.78, 5) is 22.0. The Bertz CT molecular complexity index is 406. The molecule has 16 heavy (non-hydrogen) atoms. The highest BCUT2D eigenvalue weighted by molar-refractivity contribution is 9.10. The average molecular weight is 286 g/mol. The molecule has 0 bridgehead atoms. The molecule has 86 valence electrons. The van der Waals surface area contributed by atoms with Crippen LogP contribution in [0.2, 0.25) is 0 Å². The number of hydrogen-bond donors (Lipinski definition) is 2. The quantitative estimate of drug-likeness (QED) is 0.893. The van der Waals surface area contributed by atoms with E-state index in [4.69, 9.17) is 5.11 Å². The Balaban J connectivity index is 2.60. The van der Waals surface area contributed by atoms with Crippen LogP contribution in [0, 0.1) is 5.92 Å². The molecule has 0 saturated carbocycles. The topological polar surface area (TPSA) is 66.4 Å². The van der Waals surface area contributed by atoms with Crippen molar-refractivity contribution < 1.29 is 14.7 Å². The number of anilines is 1. The summed E-state index contributed by atoms with van der Waals surface area (Å²) >= 11 is 3.28. The lowest BCUT2D eigenvalue weighted by atomic mass is 10.1. The lowest BCUT2D eigenvalue weighted by Crippen LogP contribution is -2.22. The Morgan fingerprint density at radius 1 is 1.50 bits per heavy atom. The van der Waals surface area contributed by atoms with Crippen molar-refractivity contribution in [3.63, 3.8) is 0 Å². The molecular weight excluding hydrogens is 274 g/mol. The monoisotopic (exact) mass is 285 g/mol. The molecule has 4 nitrogen and oxygen atoms in total. The van der Waals surface area contributed by atoms with Gasteiger partial charge >= 0.3 is 5.97 Å². The molecule has 1 atom stereocenters. The van der Waals surface area contributed by atoms with Crippen molar-refractivity contribution in [1.29, 1.82) is 0 Å². The Hall–Kier alpha value is -1.36. The molecule has 0 aliphatic heterocycles. The van der Waals surface area contributed by atoms with Crippen LogP contribution in [0.3, 0.4) is 0 Å². The zero-order valence-corrected chi connectivity index (χ0v) is 10.3. The minimum Gasteiger partial charge on any atom is -0.481 e. The van der Waals surface area contributed by atoms with Gasteiger partial charge in [0.15, 0.2) is 0 Å². The van der Waals surface area contributed by atoms with Crippen molar-refractivity contribution in [2.24, 2.45) is 5.92 Å². The molecule has 0 radical (unpaired) electrons. The molecule has 0 saturated heterocycles. The summed E-state index contributed by atoms with van der Waals surface area (Å²) in [6.45, 7) is 1.58. The van der Waals surface area contributed by atoms with E-state index in [1.807, 2.05) is 6.07 Å². The van der Waals surface area contributed by atoms with E-state index in [0.29, 0.717) is 5.69 Å². The van der Waals surface area contributed by atoms with Crippen LogP contribution in [0.5, 0.6) is 0 Å². The van der Waals surface area contributed by atoms with E-state index in [1.54, 1.807) is 25.1 Å². The van der Waals surface area contributed by atoms with Crippen molar-refractivity contribution in [1.82, 2.24) is 0 Å². The summed E-state index contributed by atoms with van der Waals surface area (Å²) in [5, 5.41) is 11.2. The molecule has 0 aromatic heterocycles. The highest BCUT2D eigenvalue weighted by Crippen LogP contribution is 2.16. The van der Waals surface area contributed by atoms with Crippen LogP contribution in [-0.4, -0.2) is 17.0 Å². The average Bonchev–Trinajstić information content (AvgIpc) is 2.16. The lowest BCUT2D eigenvalue weighted by molar-refractivity contribution is -0.139. The van der Waals surface area contributed by atoms with Gasteiger partial charge in [-0.25, -0.2) is 0 Å². The summed E-state index contributed by atoms with van der Waals surface area (Å²) in [6.07, 6.45) is -0.167. The van der Waals surface area contributed by atoms with Crippen LogP contribution < -0.4 is 5.32 Å². The SMILES string of the molecule is CC(CC(=O)O)C(=O)Nc1cccc(Br)c1. The van der Waals surface area contributed by atoms with Crippen molar-refractivity contribution in [2.75, 3.05) is 5.32 Å². The first-order valence-corrected chi connectivity index (χ1v) is 5.56. The number of carboxylic acids is 1. The summed E-state index contributed by atoms with van der Waals surface area (Å²) < 4.78 is 0.858. The van der Waals surface area contributed by atoms with Crippen LogP contribution in [0.1, 0.15) is 13.3 Å². The molecule has 0 aliphatic rings. The third kappa shape index (κ3) is 4.02. The Labute approximate surface area is 102 Å². The molecule has 1 aromatic rings. The number of carboxylic acid groups (broad SMARTS) is 1. The Morgan fingerprint density at radius 2 is 2.19 bits per heavy atom. The molecular formula is C11H12BrNO3. The molecule has 1 amide bonds. The van der Waals surface area contributed by atoms with Crippen LogP contribution >= 0.6 is 15.9 Å². The van der Waals surface area contributed by atoms with Gasteiger partial charge in [0.05, 0.1) is 6.42 Å². The first-order chi connectivity index (χ1) is 7.49. The third-order valence-electron chi connectivity index (χ3n) is 2.02. The molecule has 5 heteroatoms. The van der Waals surface area contributed by atoms with Gasteiger partial charge in [0.25, 0.3) is 0 Å². The van der Waals surface area contributed by atoms with Gasteiger partial charge in [-0.2, -0.15) is 0 Å². The van der Waals surface area contributed by atoms with Crippen molar-refractivity contribution >= 4 is 33.5 Å². The van der Waals surface area contributed by atoms with E-state index in [-0.39, 0.29) is 12.3 Å². The van der Waals surface area contributed by atoms with Gasteiger partial charge in [-0.3, -0.25) is 9.59 Å². The summed E-state index contributed by atoms with van der Waals surface area (Å²) in [6, 6.07) is 7.14. The Kier molecular flexibility index (Phi) is 4.49. The zero-order valence-electron chi connectivity index (χ0n) is 8.74. The number of amides is 1.